The van der Waals surface area contributed by atoms with Crippen molar-refractivity contribution in [1.82, 2.24) is 9.88 Å². The fourth-order valence-electron chi connectivity index (χ4n) is 2.18. The number of aromatic nitrogens is 1. The van der Waals surface area contributed by atoms with E-state index in [9.17, 15) is 4.79 Å². The summed E-state index contributed by atoms with van der Waals surface area (Å²) in [7, 11) is 6.37. The summed E-state index contributed by atoms with van der Waals surface area (Å²) in [5.74, 6) is 1.64. The van der Waals surface area contributed by atoms with Gasteiger partial charge in [-0.05, 0) is 29.8 Å². The molecule has 0 aliphatic carbocycles. The van der Waals surface area contributed by atoms with Gasteiger partial charge in [-0.2, -0.15) is 0 Å². The lowest BCUT2D eigenvalue weighted by atomic mass is 10.2. The minimum atomic E-state index is -0.268. The van der Waals surface area contributed by atoms with Gasteiger partial charge in [0.05, 0.1) is 21.3 Å². The fourth-order valence-corrected chi connectivity index (χ4v) is 2.18. The molecule has 2 rings (SSSR count). The normalized spacial score (nSPS) is 10.0. The number of carbonyl (C=O) groups excluding carboxylic acids is 1. The number of hydrogen-bond acceptors (Lipinski definition) is 5. The molecule has 7 nitrogen and oxygen atoms in total. The highest BCUT2D eigenvalue weighted by Crippen LogP contribution is 2.28. The van der Waals surface area contributed by atoms with E-state index in [2.05, 4.69) is 10.3 Å². The summed E-state index contributed by atoms with van der Waals surface area (Å²) in [6, 6.07) is 8.73. The number of nitrogens with one attached hydrogen (secondary N) is 1. The molecule has 0 aliphatic rings. The molecule has 24 heavy (non-hydrogen) atoms. The van der Waals surface area contributed by atoms with Gasteiger partial charge in [0, 0.05) is 19.8 Å². The van der Waals surface area contributed by atoms with Crippen molar-refractivity contribution in [3.8, 4) is 17.4 Å². The van der Waals surface area contributed by atoms with Crippen molar-refractivity contribution in [1.29, 1.82) is 0 Å². The number of ether oxygens (including phenoxy) is 3. The summed E-state index contributed by atoms with van der Waals surface area (Å²) in [4.78, 5) is 17.9. The molecule has 1 N–H and O–H groups in total. The quantitative estimate of drug-likeness (QED) is 0.881. The molecule has 7 heteroatoms. The standard InChI is InChI=1S/C17H21N3O4/c1-20(11-12-7-8-14(22-2)15(10-12)23-3)17(21)19-13-6-5-9-18-16(13)24-4/h5-10H,11H2,1-4H3,(H,19,21). The van der Waals surface area contributed by atoms with Gasteiger partial charge in [-0.25, -0.2) is 9.78 Å². The van der Waals surface area contributed by atoms with E-state index in [1.807, 2.05) is 18.2 Å². The molecule has 1 heterocycles. The third-order valence-electron chi connectivity index (χ3n) is 3.42. The van der Waals surface area contributed by atoms with Crippen LogP contribution in [0.4, 0.5) is 10.5 Å². The summed E-state index contributed by atoms with van der Waals surface area (Å²) in [6.45, 7) is 0.411. The van der Waals surface area contributed by atoms with Crippen LogP contribution in [0.3, 0.4) is 0 Å². The van der Waals surface area contributed by atoms with Crippen molar-refractivity contribution in [3.63, 3.8) is 0 Å². The largest absolute Gasteiger partial charge is 0.493 e. The Labute approximate surface area is 141 Å². The number of anilines is 1. The van der Waals surface area contributed by atoms with E-state index in [0.29, 0.717) is 29.6 Å². The van der Waals surface area contributed by atoms with Crippen LogP contribution in [-0.2, 0) is 6.54 Å². The Hall–Kier alpha value is -2.96. The lowest BCUT2D eigenvalue weighted by Crippen LogP contribution is -2.31. The Kier molecular flexibility index (Phi) is 5.83. The first-order valence-corrected chi connectivity index (χ1v) is 7.31. The number of nitrogens with zero attached hydrogens (tertiary/aromatic N) is 2. The molecule has 1 aromatic heterocycles. The molecule has 0 bridgehead atoms. The van der Waals surface area contributed by atoms with E-state index >= 15 is 0 Å². The topological polar surface area (TPSA) is 72.9 Å². The number of pyridine rings is 1. The fraction of sp³-hybridized carbons (Fsp3) is 0.294. The zero-order valence-electron chi connectivity index (χ0n) is 14.2. The second-order valence-corrected chi connectivity index (χ2v) is 5.04. The highest BCUT2D eigenvalue weighted by molar-refractivity contribution is 5.90. The molecule has 2 amide bonds. The molecule has 0 unspecified atom stereocenters. The maximum Gasteiger partial charge on any atom is 0.322 e. The van der Waals surface area contributed by atoms with Crippen LogP contribution in [0.15, 0.2) is 36.5 Å². The molecule has 0 fully saturated rings. The molecule has 0 atom stereocenters. The van der Waals surface area contributed by atoms with E-state index < -0.39 is 0 Å². The van der Waals surface area contributed by atoms with Gasteiger partial charge in [0.25, 0.3) is 0 Å². The van der Waals surface area contributed by atoms with Crippen LogP contribution in [0.1, 0.15) is 5.56 Å². The molecule has 1 aromatic carbocycles. The number of carbonyl (C=O) groups is 1. The average Bonchev–Trinajstić information content (AvgIpc) is 2.61. The number of methoxy groups -OCH3 is 3. The highest BCUT2D eigenvalue weighted by atomic mass is 16.5. The van der Waals surface area contributed by atoms with E-state index in [0.717, 1.165) is 5.56 Å². The Morgan fingerprint density at radius 1 is 1.12 bits per heavy atom. The van der Waals surface area contributed by atoms with Crippen molar-refractivity contribution in [2.45, 2.75) is 6.54 Å². The Morgan fingerprint density at radius 3 is 2.54 bits per heavy atom. The molecule has 0 saturated carbocycles. The number of hydrogen-bond donors (Lipinski definition) is 1. The second kappa shape index (κ2) is 8.05. The van der Waals surface area contributed by atoms with Crippen molar-refractivity contribution >= 4 is 11.7 Å². The molecule has 128 valence electrons. The zero-order valence-corrected chi connectivity index (χ0v) is 14.2. The third kappa shape index (κ3) is 4.07. The van der Waals surface area contributed by atoms with Gasteiger partial charge < -0.3 is 24.4 Å². The maximum absolute atomic E-state index is 12.3. The Morgan fingerprint density at radius 2 is 1.88 bits per heavy atom. The lowest BCUT2D eigenvalue weighted by molar-refractivity contribution is 0.220. The summed E-state index contributed by atoms with van der Waals surface area (Å²) < 4.78 is 15.6. The van der Waals surface area contributed by atoms with Crippen LogP contribution in [0.5, 0.6) is 17.4 Å². The molecule has 0 aliphatic heterocycles. The van der Waals surface area contributed by atoms with Crippen LogP contribution < -0.4 is 19.5 Å². The van der Waals surface area contributed by atoms with Gasteiger partial charge >= 0.3 is 6.03 Å². The number of urea groups is 1. The van der Waals surface area contributed by atoms with Gasteiger partial charge in [0.15, 0.2) is 11.5 Å². The van der Waals surface area contributed by atoms with Crippen molar-refractivity contribution in [2.24, 2.45) is 0 Å². The van der Waals surface area contributed by atoms with E-state index in [1.165, 1.54) is 7.11 Å². The summed E-state index contributed by atoms with van der Waals surface area (Å²) in [6.07, 6.45) is 1.60. The van der Waals surface area contributed by atoms with Crippen LogP contribution in [0.2, 0.25) is 0 Å². The Balaban J connectivity index is 2.06. The van der Waals surface area contributed by atoms with Crippen LogP contribution in [-0.4, -0.2) is 44.3 Å². The van der Waals surface area contributed by atoms with E-state index in [4.69, 9.17) is 14.2 Å². The molecule has 2 aromatic rings. The van der Waals surface area contributed by atoms with Gasteiger partial charge in [0.1, 0.15) is 5.69 Å². The minimum absolute atomic E-state index is 0.268. The smallest absolute Gasteiger partial charge is 0.322 e. The van der Waals surface area contributed by atoms with Crippen LogP contribution >= 0.6 is 0 Å². The highest BCUT2D eigenvalue weighted by Gasteiger charge is 2.13. The SMILES string of the molecule is COc1ccc(CN(C)C(=O)Nc2cccnc2OC)cc1OC. The molecule has 0 spiro atoms. The zero-order chi connectivity index (χ0) is 17.5. The number of benzene rings is 1. The number of amides is 2. The van der Waals surface area contributed by atoms with Gasteiger partial charge in [-0.1, -0.05) is 6.07 Å². The van der Waals surface area contributed by atoms with E-state index in [-0.39, 0.29) is 6.03 Å². The van der Waals surface area contributed by atoms with E-state index in [1.54, 1.807) is 44.5 Å². The van der Waals surface area contributed by atoms with Gasteiger partial charge in [0.2, 0.25) is 5.88 Å². The third-order valence-corrected chi connectivity index (χ3v) is 3.42. The molecule has 0 saturated heterocycles. The van der Waals surface area contributed by atoms with Crippen LogP contribution in [0, 0.1) is 0 Å². The van der Waals surface area contributed by atoms with Crippen molar-refractivity contribution in [3.05, 3.63) is 42.1 Å². The summed E-state index contributed by atoms with van der Waals surface area (Å²) in [5.41, 5.74) is 1.44. The molecular weight excluding hydrogens is 310 g/mol. The predicted molar refractivity (Wildman–Crippen MR) is 90.8 cm³/mol. The molecular formula is C17H21N3O4. The van der Waals surface area contributed by atoms with Crippen LogP contribution in [0.25, 0.3) is 0 Å². The number of rotatable bonds is 6. The summed E-state index contributed by atoms with van der Waals surface area (Å²) >= 11 is 0. The average molecular weight is 331 g/mol. The first kappa shape index (κ1) is 17.4. The first-order chi connectivity index (χ1) is 11.6. The second-order valence-electron chi connectivity index (χ2n) is 5.04. The first-order valence-electron chi connectivity index (χ1n) is 7.31. The van der Waals surface area contributed by atoms with Crippen molar-refractivity contribution in [2.75, 3.05) is 33.7 Å². The maximum atomic E-state index is 12.3. The summed E-state index contributed by atoms with van der Waals surface area (Å²) in [5, 5.41) is 2.78. The minimum Gasteiger partial charge on any atom is -0.493 e. The monoisotopic (exact) mass is 331 g/mol. The lowest BCUT2D eigenvalue weighted by Gasteiger charge is -2.19. The van der Waals surface area contributed by atoms with Crippen molar-refractivity contribution < 1.29 is 19.0 Å². The predicted octanol–water partition coefficient (Wildman–Crippen LogP) is 2.77. The molecule has 0 radical (unpaired) electrons. The van der Waals surface area contributed by atoms with Gasteiger partial charge in [-0.3, -0.25) is 0 Å². The Bertz CT molecular complexity index is 706. The van der Waals surface area contributed by atoms with Gasteiger partial charge in [-0.15, -0.1) is 0 Å².